The quantitative estimate of drug-likeness (QED) is 0.0126. The highest BCUT2D eigenvalue weighted by atomic mass is 79.9. The van der Waals surface area contributed by atoms with Crippen LogP contribution in [0.4, 0.5) is 33.2 Å². The number of hydrogen-bond donors (Lipinski definition) is 6. The monoisotopic (exact) mass is 2270 g/mol. The van der Waals surface area contributed by atoms with Gasteiger partial charge in [-0.3, -0.25) is 69.7 Å². The third-order valence-corrected chi connectivity index (χ3v) is 24.9. The number of rotatable bonds is 33. The van der Waals surface area contributed by atoms with Crippen molar-refractivity contribution < 1.29 is 71.0 Å². The fraction of sp³-hybridized carbons (Fsp3) is 0.194. The summed E-state index contributed by atoms with van der Waals surface area (Å²) in [6.45, 7) is 5.18. The fourth-order valence-electron chi connectivity index (χ4n) is 12.9. The minimum atomic E-state index is -0.773. The SMILES string of the molecule is Br.Br.C.C.CC(C)(C)OC(=O)N[C@@H](Cc1ccc([N+](=O)[O-])cc1)C(=O)CBr.NC(=O)c1cccs1.N[C@@H](Cc1ccc([N+](=O)[O-])cc1)c1coc(-c2cccs2)n1.N[C@@H](Cc1ccc([N+](=O)[O-])cc1)c1coc(-c2cccs2)n1.O=C(Cc1cccc(Cl)c1)N[C@@H](Cc1ccc([N+](=O)[O-])cc1)c1coc(-c2cccs2)n1.O=C(Cc1cccc(Cl)c1)N[C@@H](Cc1ccc([N+](=O)[O-])cc1)c1coc(-c2cccs2)n1. The number of nitrogens with zero attached hydrogens (tertiary/aromatic N) is 9. The zero-order valence-electron chi connectivity index (χ0n) is 74.6. The number of nitro groups is 5. The van der Waals surface area contributed by atoms with Gasteiger partial charge in [-0.05, 0) is 173 Å². The van der Waals surface area contributed by atoms with Crippen molar-refractivity contribution in [2.75, 3.05) is 5.33 Å². The van der Waals surface area contributed by atoms with Crippen LogP contribution < -0.4 is 33.2 Å². The summed E-state index contributed by atoms with van der Waals surface area (Å²) < 4.78 is 27.3. The number of nitrogens with one attached hydrogen (secondary N) is 3. The van der Waals surface area contributed by atoms with Gasteiger partial charge in [0.05, 0.1) is 109 Å². The lowest BCUT2D eigenvalue weighted by Crippen LogP contribution is -2.45. The molecule has 0 aliphatic heterocycles. The van der Waals surface area contributed by atoms with Gasteiger partial charge in [0, 0.05) is 70.7 Å². The number of amides is 4. The molecule has 0 fully saturated rings. The molecule has 0 aliphatic carbocycles. The van der Waals surface area contributed by atoms with Gasteiger partial charge in [-0.15, -0.1) is 90.6 Å². The zero-order valence-corrected chi connectivity index (χ0v) is 85.2. The molecule has 9 heterocycles. The first-order chi connectivity index (χ1) is 66.6. The number of ketones is 1. The minimum absolute atomic E-state index is 0. The molecule has 0 spiro atoms. The molecular weight excluding hydrogens is 2180 g/mol. The van der Waals surface area contributed by atoms with E-state index in [1.807, 2.05) is 87.6 Å². The van der Waals surface area contributed by atoms with E-state index < -0.39 is 54.4 Å². The third kappa shape index (κ3) is 37.2. The average molecular weight is 2270 g/mol. The lowest BCUT2D eigenvalue weighted by atomic mass is 10.0. The van der Waals surface area contributed by atoms with Crippen LogP contribution >= 0.6 is 130 Å². The van der Waals surface area contributed by atoms with E-state index in [1.54, 1.807) is 165 Å². The number of carbonyl (C=O) groups is 5. The standard InChI is InChI=1S/2C23H18ClN3O4S.C15H19BrN2O5.2C15H13N3O3S.C5H5NOS.2CH4.2BrH/c2*24-17-4-1-3-16(11-17)13-22(28)25-19(12-15-6-8-18(9-7-15)27(29)30)20-14-31-23(26-20)21-5-2-10-32-21;1-15(2,3)23-14(20)17-12(13(19)9-16)8-10-4-6-11(7-5-10)18(21)22;2*16-12(8-10-3-5-11(6-4-10)18(19)20)13-9-21-15(17-13)14-2-1-7-22-14;6-5(7)4-2-1-3-8-4;;;;/h2*1-11,14,19H,12-13H2,(H,25,28);4-7,12H,8-9H2,1-3H3,(H,17,20);2*1-7,9,12H,8,16H2;1-3H,(H2,6,7);2*1H4;2*1H/t2*19-;3*12-;;;;;/m00000...../s1. The van der Waals surface area contributed by atoms with Crippen LogP contribution in [-0.4, -0.2) is 91.1 Å². The van der Waals surface area contributed by atoms with Crippen molar-refractivity contribution in [2.45, 2.75) is 116 Å². The molecule has 35 nitrogen and oxygen atoms in total. The van der Waals surface area contributed by atoms with Crippen molar-refractivity contribution in [3.05, 3.63) is 410 Å². The average Bonchev–Trinajstić information content (AvgIpc) is 1.69. The molecule has 4 amide bonds. The van der Waals surface area contributed by atoms with Crippen LogP contribution in [0.25, 0.3) is 43.1 Å². The van der Waals surface area contributed by atoms with Crippen LogP contribution in [0.1, 0.15) is 131 Å². The molecule has 16 rings (SSSR count). The highest BCUT2D eigenvalue weighted by Crippen LogP contribution is 2.34. The number of non-ortho nitro benzene ring substituents is 5. The Labute approximate surface area is 879 Å². The Bertz CT molecular complexity index is 6410. The number of carbonyl (C=O) groups excluding carboxylic acids is 5. The molecule has 45 heteroatoms. The number of aromatic nitrogens is 4. The third-order valence-electron chi connectivity index (χ3n) is 19.6. The smallest absolute Gasteiger partial charge is 0.408 e. The molecular formula is C98H96Br3Cl2N15O20S5. The van der Waals surface area contributed by atoms with E-state index in [-0.39, 0.29) is 137 Å². The van der Waals surface area contributed by atoms with E-state index in [9.17, 15) is 74.5 Å². The maximum atomic E-state index is 12.8. The van der Waals surface area contributed by atoms with Crippen molar-refractivity contribution >= 4 is 188 Å². The maximum Gasteiger partial charge on any atom is 0.408 e. The summed E-state index contributed by atoms with van der Waals surface area (Å²) >= 11 is 22.6. The van der Waals surface area contributed by atoms with E-state index in [2.05, 4.69) is 51.8 Å². The number of alkyl carbamates (subject to hydrolysis) is 1. The lowest BCUT2D eigenvalue weighted by Gasteiger charge is -2.23. The zero-order chi connectivity index (χ0) is 99.7. The van der Waals surface area contributed by atoms with E-state index in [0.29, 0.717) is 92.5 Å². The highest BCUT2D eigenvalue weighted by molar-refractivity contribution is 9.09. The Morgan fingerprint density at radius 1 is 0.399 bits per heavy atom. The first-order valence-electron chi connectivity index (χ1n) is 41.8. The van der Waals surface area contributed by atoms with Crippen molar-refractivity contribution in [2.24, 2.45) is 17.2 Å². The number of hydrogen-bond acceptors (Lipinski definition) is 31. The normalized spacial score (nSPS) is 11.5. The number of halogens is 5. The molecule has 748 valence electrons. The van der Waals surface area contributed by atoms with Crippen molar-refractivity contribution in [1.29, 1.82) is 0 Å². The first kappa shape index (κ1) is 116. The predicted molar refractivity (Wildman–Crippen MR) is 568 cm³/mol. The number of ether oxygens (including phenoxy) is 1. The number of alkyl halides is 1. The van der Waals surface area contributed by atoms with Gasteiger partial charge in [0.2, 0.25) is 35.4 Å². The Kier molecular flexibility index (Phi) is 46.5. The molecule has 0 saturated heterocycles. The van der Waals surface area contributed by atoms with Gasteiger partial charge in [0.1, 0.15) is 42.0 Å². The molecule has 0 radical (unpaired) electrons. The Morgan fingerprint density at radius 2 is 0.685 bits per heavy atom. The largest absolute Gasteiger partial charge is 0.444 e. The van der Waals surface area contributed by atoms with Crippen molar-refractivity contribution in [1.82, 2.24) is 35.9 Å². The second-order valence-corrected chi connectivity index (χ2v) is 37.2. The van der Waals surface area contributed by atoms with Gasteiger partial charge in [-0.25, -0.2) is 24.7 Å². The number of Topliss-reactive ketones (excluding diaryl/α,β-unsaturated/α-hetero) is 1. The summed E-state index contributed by atoms with van der Waals surface area (Å²) in [7, 11) is 0. The second kappa shape index (κ2) is 57.3. The molecule has 9 aromatic heterocycles. The van der Waals surface area contributed by atoms with Gasteiger partial charge < -0.3 is 55.6 Å². The van der Waals surface area contributed by atoms with Gasteiger partial charge in [-0.1, -0.05) is 169 Å². The molecule has 0 saturated carbocycles. The van der Waals surface area contributed by atoms with Crippen molar-refractivity contribution in [3.63, 3.8) is 0 Å². The van der Waals surface area contributed by atoms with Gasteiger partial charge >= 0.3 is 6.09 Å². The molecule has 0 aliphatic rings. The summed E-state index contributed by atoms with van der Waals surface area (Å²) in [5, 5.41) is 73.1. The summed E-state index contributed by atoms with van der Waals surface area (Å²) in [6, 6.07) is 61.8. The van der Waals surface area contributed by atoms with E-state index in [0.717, 1.165) is 52.9 Å². The van der Waals surface area contributed by atoms with Crippen LogP contribution in [0.2, 0.25) is 10.0 Å². The number of oxazole rings is 4. The van der Waals surface area contributed by atoms with Crippen LogP contribution in [0, 0.1) is 50.6 Å². The van der Waals surface area contributed by atoms with Crippen LogP contribution in [0.5, 0.6) is 0 Å². The Morgan fingerprint density at radius 3 is 0.944 bits per heavy atom. The van der Waals surface area contributed by atoms with Crippen LogP contribution in [0.15, 0.2) is 300 Å². The Hall–Kier alpha value is -13.8. The lowest BCUT2D eigenvalue weighted by molar-refractivity contribution is -0.385. The number of nitrogens with two attached hydrogens (primary N) is 3. The first-order valence-corrected chi connectivity index (χ1v) is 48.1. The predicted octanol–water partition coefficient (Wildman–Crippen LogP) is 24.6. The molecule has 9 N–H and O–H groups in total. The molecule has 16 aromatic rings. The number of nitro benzene ring substituents is 5. The molecule has 5 atom stereocenters. The number of primary amides is 1. The molecule has 0 unspecified atom stereocenters. The van der Waals surface area contributed by atoms with E-state index >= 15 is 0 Å². The minimum Gasteiger partial charge on any atom is -0.444 e. The van der Waals surface area contributed by atoms with Gasteiger partial charge in [0.15, 0.2) is 5.78 Å². The summed E-state index contributed by atoms with van der Waals surface area (Å²) in [4.78, 5) is 133. The van der Waals surface area contributed by atoms with Crippen LogP contribution in [-0.2, 0) is 64.1 Å². The topological polar surface area (TPSA) is 529 Å². The molecule has 7 aromatic carbocycles. The fourth-order valence-corrected chi connectivity index (χ4v) is 16.9. The summed E-state index contributed by atoms with van der Waals surface area (Å²) in [6.07, 6.45) is 7.92. The van der Waals surface area contributed by atoms with Gasteiger partial charge in [0.25, 0.3) is 34.3 Å². The van der Waals surface area contributed by atoms with E-state index in [4.69, 9.17) is 62.8 Å². The second-order valence-electron chi connectivity index (χ2n) is 31.1. The van der Waals surface area contributed by atoms with E-state index in [1.165, 1.54) is 107 Å². The summed E-state index contributed by atoms with van der Waals surface area (Å²) in [5.74, 6) is 1.13. The van der Waals surface area contributed by atoms with Gasteiger partial charge in [-0.2, -0.15) is 0 Å². The maximum absolute atomic E-state index is 12.8. The number of benzene rings is 7. The molecule has 143 heavy (non-hydrogen) atoms. The summed E-state index contributed by atoms with van der Waals surface area (Å²) in [5.41, 5.74) is 24.9. The Balaban J connectivity index is 0.000000238. The van der Waals surface area contributed by atoms with Crippen LogP contribution in [0.3, 0.4) is 0 Å². The number of thiophene rings is 5. The molecule has 0 bridgehead atoms. The van der Waals surface area contributed by atoms with Crippen molar-refractivity contribution in [3.8, 4) is 43.1 Å². The highest BCUT2D eigenvalue weighted by Gasteiger charge is 2.28.